The van der Waals surface area contributed by atoms with Crippen LogP contribution in [0.15, 0.2) is 28.2 Å². The molecule has 3 N–H and O–H groups in total. The van der Waals surface area contributed by atoms with Gasteiger partial charge in [0.05, 0.1) is 17.7 Å². The predicted molar refractivity (Wildman–Crippen MR) is 84.2 cm³/mol. The number of thiazole rings is 1. The summed E-state index contributed by atoms with van der Waals surface area (Å²) in [7, 11) is 0. The van der Waals surface area contributed by atoms with Crippen LogP contribution in [0.4, 0.5) is 5.69 Å². The van der Waals surface area contributed by atoms with Crippen LogP contribution in [0, 0.1) is 6.92 Å². The lowest BCUT2D eigenvalue weighted by atomic mass is 10.1. The highest BCUT2D eigenvalue weighted by Gasteiger charge is 2.09. The Morgan fingerprint density at radius 3 is 2.94 bits per heavy atom. The number of anilines is 1. The lowest BCUT2D eigenvalue weighted by Gasteiger charge is -2.12. The van der Waals surface area contributed by atoms with Crippen molar-refractivity contribution in [3.05, 3.63) is 44.3 Å². The summed E-state index contributed by atoms with van der Waals surface area (Å²) in [4.78, 5) is 5.82. The van der Waals surface area contributed by atoms with Crippen LogP contribution in [-0.2, 0) is 6.54 Å². The monoisotopic (exact) mass is 341 g/mol. The first-order chi connectivity index (χ1) is 8.59. The van der Waals surface area contributed by atoms with E-state index in [2.05, 4.69) is 26.2 Å². The first kappa shape index (κ1) is 13.5. The Kier molecular flexibility index (Phi) is 4.31. The molecule has 6 heteroatoms. The maximum absolute atomic E-state index is 5.75. The van der Waals surface area contributed by atoms with Crippen LogP contribution in [0.25, 0.3) is 0 Å². The fourth-order valence-corrected chi connectivity index (χ4v) is 3.24. The lowest BCUT2D eigenvalue weighted by Crippen LogP contribution is -2.14. The van der Waals surface area contributed by atoms with Gasteiger partial charge in [-0.15, -0.1) is 11.3 Å². The molecule has 0 spiro atoms. The molecule has 0 aliphatic heterocycles. The number of nitrogens with one attached hydrogen (secondary N) is 1. The van der Waals surface area contributed by atoms with E-state index in [1.54, 1.807) is 11.3 Å². The molecule has 2 aromatic rings. The van der Waals surface area contributed by atoms with Crippen molar-refractivity contribution in [1.82, 2.24) is 4.98 Å². The summed E-state index contributed by atoms with van der Waals surface area (Å²) in [6.45, 7) is 2.73. The van der Waals surface area contributed by atoms with Crippen LogP contribution in [0.2, 0.25) is 0 Å². The molecule has 3 nitrogen and oxygen atoms in total. The Morgan fingerprint density at radius 2 is 2.33 bits per heavy atom. The second kappa shape index (κ2) is 5.77. The number of thiocarbonyl (C=S) groups is 1. The number of hydrogen-bond donors (Lipinski definition) is 2. The van der Waals surface area contributed by atoms with Crippen LogP contribution in [0.3, 0.4) is 0 Å². The molecule has 0 bridgehead atoms. The molecule has 0 fully saturated rings. The Balaban J connectivity index is 2.22. The van der Waals surface area contributed by atoms with Crippen molar-refractivity contribution in [2.24, 2.45) is 5.73 Å². The number of nitrogens with zero attached hydrogens (tertiary/aromatic N) is 1. The van der Waals surface area contributed by atoms with Gasteiger partial charge < -0.3 is 11.1 Å². The van der Waals surface area contributed by atoms with Crippen molar-refractivity contribution in [1.29, 1.82) is 0 Å². The summed E-state index contributed by atoms with van der Waals surface area (Å²) in [5.74, 6) is 0. The topological polar surface area (TPSA) is 50.9 Å². The van der Waals surface area contributed by atoms with Gasteiger partial charge in [0.1, 0.15) is 4.99 Å². The molecule has 0 aliphatic rings. The third-order valence-corrected chi connectivity index (χ3v) is 4.34. The molecule has 1 aromatic carbocycles. The van der Waals surface area contributed by atoms with E-state index in [4.69, 9.17) is 18.0 Å². The van der Waals surface area contributed by atoms with E-state index in [0.29, 0.717) is 4.99 Å². The molecule has 1 aromatic heterocycles. The van der Waals surface area contributed by atoms with Crippen molar-refractivity contribution >= 4 is 50.2 Å². The van der Waals surface area contributed by atoms with E-state index in [1.807, 2.05) is 30.6 Å². The lowest BCUT2D eigenvalue weighted by molar-refractivity contribution is 1.12. The standard InChI is InChI=1S/C12H12BrN3S2/c1-7-10(18-6-16-7)5-15-9-4-2-3-8(13)11(9)12(14)17/h2-4,6,15H,5H2,1H3,(H2,14,17). The van der Waals surface area contributed by atoms with E-state index in [-0.39, 0.29) is 0 Å². The van der Waals surface area contributed by atoms with Crippen LogP contribution >= 0.6 is 39.5 Å². The molecular weight excluding hydrogens is 330 g/mol. The van der Waals surface area contributed by atoms with Gasteiger partial charge in [-0.3, -0.25) is 0 Å². The molecule has 2 rings (SSSR count). The summed E-state index contributed by atoms with van der Waals surface area (Å²) in [6.07, 6.45) is 0. The van der Waals surface area contributed by atoms with E-state index in [1.165, 1.54) is 4.88 Å². The largest absolute Gasteiger partial charge is 0.389 e. The van der Waals surface area contributed by atoms with Gasteiger partial charge in [0.15, 0.2) is 0 Å². The van der Waals surface area contributed by atoms with Gasteiger partial charge in [-0.2, -0.15) is 0 Å². The zero-order valence-corrected chi connectivity index (χ0v) is 13.0. The zero-order valence-electron chi connectivity index (χ0n) is 9.74. The van der Waals surface area contributed by atoms with Gasteiger partial charge in [0, 0.05) is 20.6 Å². The minimum absolute atomic E-state index is 0.381. The van der Waals surface area contributed by atoms with Crippen molar-refractivity contribution in [3.63, 3.8) is 0 Å². The fourth-order valence-electron chi connectivity index (χ4n) is 1.59. The second-order valence-electron chi connectivity index (χ2n) is 3.74. The Labute approximate surface area is 124 Å². The molecular formula is C12H12BrN3S2. The fraction of sp³-hybridized carbons (Fsp3) is 0.167. The number of hydrogen-bond acceptors (Lipinski definition) is 4. The van der Waals surface area contributed by atoms with E-state index in [0.717, 1.165) is 28.0 Å². The Bertz CT molecular complexity index is 580. The average molecular weight is 342 g/mol. The van der Waals surface area contributed by atoms with Crippen LogP contribution in [-0.4, -0.2) is 9.97 Å². The highest BCUT2D eigenvalue weighted by Crippen LogP contribution is 2.25. The molecule has 0 aliphatic carbocycles. The molecule has 18 heavy (non-hydrogen) atoms. The first-order valence-corrected chi connectivity index (χ1v) is 7.39. The van der Waals surface area contributed by atoms with Gasteiger partial charge in [0.25, 0.3) is 0 Å². The molecule has 0 saturated heterocycles. The Morgan fingerprint density at radius 1 is 1.56 bits per heavy atom. The number of benzene rings is 1. The third-order valence-electron chi connectivity index (χ3n) is 2.54. The van der Waals surface area contributed by atoms with E-state index < -0.39 is 0 Å². The van der Waals surface area contributed by atoms with Crippen LogP contribution in [0.1, 0.15) is 16.1 Å². The maximum Gasteiger partial charge on any atom is 0.107 e. The number of aromatic nitrogens is 1. The highest BCUT2D eigenvalue weighted by molar-refractivity contribution is 9.10. The summed E-state index contributed by atoms with van der Waals surface area (Å²) >= 11 is 10.2. The van der Waals surface area contributed by atoms with E-state index in [9.17, 15) is 0 Å². The average Bonchev–Trinajstić information content (AvgIpc) is 2.71. The zero-order chi connectivity index (χ0) is 13.1. The molecule has 1 heterocycles. The van der Waals surface area contributed by atoms with Crippen molar-refractivity contribution in [3.8, 4) is 0 Å². The maximum atomic E-state index is 5.75. The number of rotatable bonds is 4. The number of aryl methyl sites for hydroxylation is 1. The quantitative estimate of drug-likeness (QED) is 0.836. The van der Waals surface area contributed by atoms with Gasteiger partial charge in [-0.05, 0) is 35.0 Å². The highest BCUT2D eigenvalue weighted by atomic mass is 79.9. The number of halogens is 1. The summed E-state index contributed by atoms with van der Waals surface area (Å²) in [5.41, 5.74) is 10.4. The van der Waals surface area contributed by atoms with Crippen LogP contribution < -0.4 is 11.1 Å². The minimum atomic E-state index is 0.381. The second-order valence-corrected chi connectivity index (χ2v) is 5.97. The smallest absolute Gasteiger partial charge is 0.107 e. The molecule has 0 unspecified atom stereocenters. The third kappa shape index (κ3) is 2.88. The summed E-state index contributed by atoms with van der Waals surface area (Å²) in [6, 6.07) is 5.85. The summed E-state index contributed by atoms with van der Waals surface area (Å²) < 4.78 is 0.904. The molecule has 0 radical (unpaired) electrons. The molecule has 0 atom stereocenters. The first-order valence-electron chi connectivity index (χ1n) is 5.30. The van der Waals surface area contributed by atoms with Gasteiger partial charge in [-0.25, -0.2) is 4.98 Å². The SMILES string of the molecule is Cc1ncsc1CNc1cccc(Br)c1C(N)=S. The van der Waals surface area contributed by atoms with E-state index >= 15 is 0 Å². The molecule has 0 saturated carbocycles. The van der Waals surface area contributed by atoms with Gasteiger partial charge in [0.2, 0.25) is 0 Å². The van der Waals surface area contributed by atoms with Crippen molar-refractivity contribution in [2.45, 2.75) is 13.5 Å². The van der Waals surface area contributed by atoms with Crippen molar-refractivity contribution in [2.75, 3.05) is 5.32 Å². The van der Waals surface area contributed by atoms with Gasteiger partial charge in [-0.1, -0.05) is 18.3 Å². The summed E-state index contributed by atoms with van der Waals surface area (Å²) in [5, 5.41) is 3.35. The number of nitrogens with two attached hydrogens (primary N) is 1. The minimum Gasteiger partial charge on any atom is -0.389 e. The van der Waals surface area contributed by atoms with Gasteiger partial charge >= 0.3 is 0 Å². The normalized spacial score (nSPS) is 10.3. The Hall–Kier alpha value is -0.980. The molecule has 0 amide bonds. The molecule has 94 valence electrons. The predicted octanol–water partition coefficient (Wildman–Crippen LogP) is 3.46. The van der Waals surface area contributed by atoms with Crippen LogP contribution in [0.5, 0.6) is 0 Å². The van der Waals surface area contributed by atoms with Crippen molar-refractivity contribution < 1.29 is 0 Å².